The summed E-state index contributed by atoms with van der Waals surface area (Å²) in [6, 6.07) is 2.54. The number of nitrogens with zero attached hydrogens (tertiary/aromatic N) is 1. The highest BCUT2D eigenvalue weighted by molar-refractivity contribution is 6.43. The van der Waals surface area contributed by atoms with Crippen molar-refractivity contribution in [3.63, 3.8) is 0 Å². The molecule has 140 valence electrons. The number of halogens is 2. The van der Waals surface area contributed by atoms with Crippen molar-refractivity contribution in [1.29, 1.82) is 0 Å². The van der Waals surface area contributed by atoms with Crippen LogP contribution in [0.1, 0.15) is 47.4 Å². The zero-order chi connectivity index (χ0) is 19.4. The monoisotopic (exact) mass is 400 g/mol. The second-order valence-electron chi connectivity index (χ2n) is 5.93. The van der Waals surface area contributed by atoms with Crippen molar-refractivity contribution < 1.29 is 23.9 Å². The fourth-order valence-electron chi connectivity index (χ4n) is 2.57. The molecule has 0 saturated heterocycles. The Balaban J connectivity index is 1.93. The highest BCUT2D eigenvalue weighted by Gasteiger charge is 2.37. The molecule has 3 amide bonds. The summed E-state index contributed by atoms with van der Waals surface area (Å²) < 4.78 is 4.84. The maximum atomic E-state index is 12.3. The topological polar surface area (TPSA) is 92.8 Å². The third kappa shape index (κ3) is 4.53. The summed E-state index contributed by atoms with van der Waals surface area (Å²) in [7, 11) is 0. The molecule has 1 aliphatic rings. The lowest BCUT2D eigenvalue weighted by Crippen LogP contribution is -2.39. The highest BCUT2D eigenvalue weighted by Crippen LogP contribution is 2.31. The van der Waals surface area contributed by atoms with Gasteiger partial charge in [-0.05, 0) is 25.5 Å². The summed E-state index contributed by atoms with van der Waals surface area (Å²) in [5.74, 6) is -2.64. The lowest BCUT2D eigenvalue weighted by molar-refractivity contribution is -0.148. The van der Waals surface area contributed by atoms with Gasteiger partial charge in [0.05, 0.1) is 21.2 Å². The number of hydrogen-bond donors (Lipinski definition) is 1. The van der Waals surface area contributed by atoms with E-state index >= 15 is 0 Å². The molecule has 1 aliphatic heterocycles. The van der Waals surface area contributed by atoms with Crippen LogP contribution < -0.4 is 5.32 Å². The van der Waals surface area contributed by atoms with Crippen LogP contribution >= 0.6 is 23.2 Å². The lowest BCUT2D eigenvalue weighted by Gasteiger charge is -2.14. The van der Waals surface area contributed by atoms with E-state index in [2.05, 4.69) is 5.32 Å². The summed E-state index contributed by atoms with van der Waals surface area (Å²) in [5, 5.41) is 2.95. The summed E-state index contributed by atoms with van der Waals surface area (Å²) in [5.41, 5.74) is 0.145. The van der Waals surface area contributed by atoms with E-state index < -0.39 is 36.8 Å². The number of fused-ring (bicyclic) bond motifs is 1. The number of esters is 1. The number of benzene rings is 1. The molecule has 0 bridgehead atoms. The number of amides is 3. The van der Waals surface area contributed by atoms with Gasteiger partial charge in [-0.1, -0.05) is 36.5 Å². The second kappa shape index (κ2) is 8.51. The van der Waals surface area contributed by atoms with Gasteiger partial charge in [0.25, 0.3) is 17.7 Å². The van der Waals surface area contributed by atoms with Crippen LogP contribution in [0.2, 0.25) is 10.0 Å². The first-order valence-electron chi connectivity index (χ1n) is 8.04. The molecule has 0 aromatic heterocycles. The van der Waals surface area contributed by atoms with Crippen molar-refractivity contribution in [1.82, 2.24) is 10.2 Å². The van der Waals surface area contributed by atoms with E-state index in [1.165, 1.54) is 12.1 Å². The Hall–Kier alpha value is -2.12. The number of carbonyl (C=O) groups excluding carboxylic acids is 4. The van der Waals surface area contributed by atoms with E-state index in [4.69, 9.17) is 27.9 Å². The number of carbonyl (C=O) groups is 4. The molecule has 26 heavy (non-hydrogen) atoms. The van der Waals surface area contributed by atoms with Crippen LogP contribution in [0, 0.1) is 0 Å². The molecule has 0 radical (unpaired) electrons. The molecule has 1 heterocycles. The zero-order valence-electron chi connectivity index (χ0n) is 14.3. The molecule has 9 heteroatoms. The first-order chi connectivity index (χ1) is 12.2. The largest absolute Gasteiger partial charge is 0.454 e. The van der Waals surface area contributed by atoms with Crippen LogP contribution in [0.4, 0.5) is 0 Å². The van der Waals surface area contributed by atoms with Gasteiger partial charge >= 0.3 is 5.97 Å². The predicted molar refractivity (Wildman–Crippen MR) is 95.3 cm³/mol. The van der Waals surface area contributed by atoms with Crippen molar-refractivity contribution in [2.75, 3.05) is 13.2 Å². The van der Waals surface area contributed by atoms with Crippen molar-refractivity contribution in [2.24, 2.45) is 0 Å². The Morgan fingerprint density at radius 2 is 1.69 bits per heavy atom. The Morgan fingerprint density at radius 1 is 1.15 bits per heavy atom. The quantitative estimate of drug-likeness (QED) is 0.560. The molecule has 0 saturated carbocycles. The first kappa shape index (κ1) is 20.2. The molecule has 0 fully saturated rings. The van der Waals surface area contributed by atoms with E-state index in [0.717, 1.165) is 17.7 Å². The number of ether oxygens (including phenoxy) is 1. The fourth-order valence-corrected chi connectivity index (χ4v) is 2.90. The van der Waals surface area contributed by atoms with Gasteiger partial charge in [0, 0.05) is 6.04 Å². The van der Waals surface area contributed by atoms with E-state index in [0.29, 0.717) is 0 Å². The summed E-state index contributed by atoms with van der Waals surface area (Å²) in [6.07, 6.45) is 1.72. The van der Waals surface area contributed by atoms with Crippen LogP contribution in [-0.2, 0) is 14.3 Å². The standard InChI is InChI=1S/C17H18Cl2N2O5/c1-3-4-9(2)20-14(22)8-26-15(23)7-21-16(24)10-5-12(18)13(19)6-11(10)17(21)25/h5-6,9H,3-4,7-8H2,1-2H3,(H,20,22)/t9-/m0/s1. The third-order valence-corrected chi connectivity index (χ3v) is 4.51. The van der Waals surface area contributed by atoms with Crippen molar-refractivity contribution >= 4 is 46.9 Å². The average molecular weight is 401 g/mol. The molecular weight excluding hydrogens is 383 g/mol. The molecule has 0 spiro atoms. The normalized spacial score (nSPS) is 14.2. The molecule has 1 aromatic rings. The number of imide groups is 1. The lowest BCUT2D eigenvalue weighted by atomic mass is 10.1. The summed E-state index contributed by atoms with van der Waals surface area (Å²) >= 11 is 11.7. The van der Waals surface area contributed by atoms with Gasteiger partial charge in [-0.15, -0.1) is 0 Å². The molecule has 1 aromatic carbocycles. The van der Waals surface area contributed by atoms with Gasteiger partial charge in [-0.3, -0.25) is 24.1 Å². The smallest absolute Gasteiger partial charge is 0.326 e. The first-order valence-corrected chi connectivity index (χ1v) is 8.80. The van der Waals surface area contributed by atoms with Crippen LogP contribution in [0.5, 0.6) is 0 Å². The number of hydrogen-bond acceptors (Lipinski definition) is 5. The molecule has 7 nitrogen and oxygen atoms in total. The minimum absolute atomic E-state index is 0.0306. The third-order valence-electron chi connectivity index (χ3n) is 3.79. The Labute approximate surface area is 160 Å². The van der Waals surface area contributed by atoms with Crippen LogP contribution in [0.3, 0.4) is 0 Å². The van der Waals surface area contributed by atoms with Crippen LogP contribution in [0.15, 0.2) is 12.1 Å². The van der Waals surface area contributed by atoms with Gasteiger partial charge < -0.3 is 10.1 Å². The maximum absolute atomic E-state index is 12.3. The van der Waals surface area contributed by atoms with E-state index in [-0.39, 0.29) is 27.2 Å². The summed E-state index contributed by atoms with van der Waals surface area (Å²) in [4.78, 5) is 48.9. The number of rotatable bonds is 7. The molecule has 0 unspecified atom stereocenters. The maximum Gasteiger partial charge on any atom is 0.326 e. The minimum Gasteiger partial charge on any atom is -0.454 e. The summed E-state index contributed by atoms with van der Waals surface area (Å²) in [6.45, 7) is 2.76. The van der Waals surface area contributed by atoms with Gasteiger partial charge in [0.1, 0.15) is 6.54 Å². The van der Waals surface area contributed by atoms with E-state index in [1.54, 1.807) is 0 Å². The van der Waals surface area contributed by atoms with Crippen molar-refractivity contribution in [2.45, 2.75) is 32.7 Å². The molecule has 1 atom stereocenters. The van der Waals surface area contributed by atoms with Gasteiger partial charge in [0.15, 0.2) is 6.61 Å². The molecule has 2 rings (SSSR count). The predicted octanol–water partition coefficient (Wildman–Crippen LogP) is 2.44. The minimum atomic E-state index is -0.866. The average Bonchev–Trinajstić information content (AvgIpc) is 2.78. The van der Waals surface area contributed by atoms with E-state index in [1.807, 2.05) is 13.8 Å². The van der Waals surface area contributed by atoms with Crippen molar-refractivity contribution in [3.8, 4) is 0 Å². The highest BCUT2D eigenvalue weighted by atomic mass is 35.5. The van der Waals surface area contributed by atoms with Gasteiger partial charge in [-0.25, -0.2) is 0 Å². The Kier molecular flexibility index (Phi) is 6.61. The van der Waals surface area contributed by atoms with Gasteiger partial charge in [0.2, 0.25) is 0 Å². The van der Waals surface area contributed by atoms with Crippen molar-refractivity contribution in [3.05, 3.63) is 33.3 Å². The molecule has 1 N–H and O–H groups in total. The van der Waals surface area contributed by atoms with Crippen LogP contribution in [-0.4, -0.2) is 47.8 Å². The SMILES string of the molecule is CCC[C@H](C)NC(=O)COC(=O)CN1C(=O)c2cc(Cl)c(Cl)cc2C1=O. The fraction of sp³-hybridized carbons (Fsp3) is 0.412. The van der Waals surface area contributed by atoms with E-state index in [9.17, 15) is 19.2 Å². The number of nitrogens with one attached hydrogen (secondary N) is 1. The van der Waals surface area contributed by atoms with Crippen LogP contribution in [0.25, 0.3) is 0 Å². The molecular formula is C17H18Cl2N2O5. The second-order valence-corrected chi connectivity index (χ2v) is 6.74. The molecule has 0 aliphatic carbocycles. The zero-order valence-corrected chi connectivity index (χ0v) is 15.8. The Morgan fingerprint density at radius 3 is 2.19 bits per heavy atom. The Bertz CT molecular complexity index is 725. The van der Waals surface area contributed by atoms with Gasteiger partial charge in [-0.2, -0.15) is 0 Å².